The number of methoxy groups -OCH3 is 2. The van der Waals surface area contributed by atoms with E-state index in [1.165, 1.54) is 29.4 Å². The van der Waals surface area contributed by atoms with Gasteiger partial charge >= 0.3 is 5.97 Å². The summed E-state index contributed by atoms with van der Waals surface area (Å²) in [4.78, 5) is 15.1. The van der Waals surface area contributed by atoms with Crippen molar-refractivity contribution in [2.45, 2.75) is 38.6 Å². The van der Waals surface area contributed by atoms with E-state index in [1.54, 1.807) is 13.4 Å². The van der Waals surface area contributed by atoms with E-state index in [0.717, 1.165) is 44.5 Å². The molecule has 0 unspecified atom stereocenters. The maximum Gasteiger partial charge on any atom is 0.337 e. The van der Waals surface area contributed by atoms with Crippen LogP contribution in [0.2, 0.25) is 0 Å². The van der Waals surface area contributed by atoms with E-state index in [9.17, 15) is 4.79 Å². The molecular weight excluding hydrogens is 455 g/mol. The molecule has 2 aliphatic heterocycles. The quantitative estimate of drug-likeness (QED) is 0.273. The fourth-order valence-electron chi connectivity index (χ4n) is 5.59. The second-order valence-electron chi connectivity index (χ2n) is 8.19. The zero-order valence-corrected chi connectivity index (χ0v) is 21.0. The van der Waals surface area contributed by atoms with Crippen LogP contribution in [0.25, 0.3) is 5.57 Å². The fourth-order valence-corrected chi connectivity index (χ4v) is 5.59. The molecule has 6 heteroatoms. The number of carbonyl (C=O) groups excluding carboxylic acids is 1. The monoisotopic (exact) mass is 485 g/mol. The van der Waals surface area contributed by atoms with Crippen molar-refractivity contribution >= 4 is 11.5 Å². The Morgan fingerprint density at radius 2 is 2.13 bits per heavy atom. The van der Waals surface area contributed by atoms with E-state index < -0.39 is 0 Å². The first-order valence-electron chi connectivity index (χ1n) is 10.4. The van der Waals surface area contributed by atoms with Gasteiger partial charge in [-0.3, -0.25) is 4.90 Å². The van der Waals surface area contributed by atoms with Crippen molar-refractivity contribution in [3.05, 3.63) is 53.8 Å². The first-order valence-corrected chi connectivity index (χ1v) is 10.4. The number of esters is 1. The van der Waals surface area contributed by atoms with Crippen molar-refractivity contribution in [2.24, 2.45) is 11.8 Å². The molecule has 5 nitrogen and oxygen atoms in total. The standard InChI is InChI=1S/C24H30NO4.Y/c1-5-15-13-25-10-9-17-19(11-16-7-6-8-22(28-3)23(16)17)21(25)12-18(15)20(14-27-2)24(26)29-4;/h6-8,14-15,18,21H,3,5,9-13H2,1-2,4H3;/q-1;/b20-14+;/t15-,18+,21+;/m1./s1. The van der Waals surface area contributed by atoms with Crippen molar-refractivity contribution in [1.29, 1.82) is 0 Å². The van der Waals surface area contributed by atoms with Gasteiger partial charge in [-0.1, -0.05) is 25.5 Å². The minimum atomic E-state index is -0.281. The second kappa shape index (κ2) is 9.97. The van der Waals surface area contributed by atoms with Gasteiger partial charge < -0.3 is 14.2 Å². The normalized spacial score (nSPS) is 25.6. The van der Waals surface area contributed by atoms with E-state index >= 15 is 0 Å². The van der Waals surface area contributed by atoms with Crippen LogP contribution in [0.5, 0.6) is 5.75 Å². The molecule has 0 amide bonds. The van der Waals surface area contributed by atoms with Gasteiger partial charge in [0.15, 0.2) is 0 Å². The summed E-state index contributed by atoms with van der Waals surface area (Å²) < 4.78 is 15.8. The molecule has 0 N–H and O–H groups in total. The largest absolute Gasteiger partial charge is 0.665 e. The average molecular weight is 485 g/mol. The van der Waals surface area contributed by atoms with Crippen LogP contribution >= 0.6 is 0 Å². The number of hydrogen-bond donors (Lipinski definition) is 0. The van der Waals surface area contributed by atoms with Crippen molar-refractivity contribution in [3.8, 4) is 5.75 Å². The van der Waals surface area contributed by atoms with Crippen molar-refractivity contribution in [2.75, 3.05) is 27.3 Å². The van der Waals surface area contributed by atoms with E-state index in [-0.39, 0.29) is 44.6 Å². The Morgan fingerprint density at radius 1 is 1.33 bits per heavy atom. The second-order valence-corrected chi connectivity index (χ2v) is 8.19. The van der Waals surface area contributed by atoms with Gasteiger partial charge in [-0.25, -0.2) is 4.79 Å². The number of fused-ring (bicyclic) bond motifs is 4. The summed E-state index contributed by atoms with van der Waals surface area (Å²) >= 11 is 0. The van der Waals surface area contributed by atoms with E-state index in [4.69, 9.17) is 14.2 Å². The number of hydrogen-bond acceptors (Lipinski definition) is 5. The Hall–Kier alpha value is -1.17. The molecule has 4 rings (SSSR count). The van der Waals surface area contributed by atoms with Crippen molar-refractivity contribution < 1.29 is 51.7 Å². The molecule has 30 heavy (non-hydrogen) atoms. The van der Waals surface area contributed by atoms with Crippen molar-refractivity contribution in [1.82, 2.24) is 4.90 Å². The summed E-state index contributed by atoms with van der Waals surface area (Å²) in [7, 11) is 6.69. The molecule has 1 fully saturated rings. The van der Waals surface area contributed by atoms with Gasteiger partial charge in [0.2, 0.25) is 0 Å². The zero-order valence-electron chi connectivity index (χ0n) is 18.1. The van der Waals surface area contributed by atoms with Gasteiger partial charge in [0.25, 0.3) is 0 Å². The van der Waals surface area contributed by atoms with Crippen LogP contribution in [-0.4, -0.2) is 44.2 Å². The molecule has 1 saturated heterocycles. The van der Waals surface area contributed by atoms with Gasteiger partial charge in [-0.2, -0.15) is 7.11 Å². The molecule has 0 saturated carbocycles. The minimum absolute atomic E-state index is 0. The number of piperidine rings is 1. The van der Waals surface area contributed by atoms with Gasteiger partial charge in [-0.15, -0.1) is 0 Å². The molecule has 3 aliphatic rings. The molecule has 0 spiro atoms. The number of nitrogens with zero attached hydrogens (tertiary/aromatic N) is 1. The molecule has 3 atom stereocenters. The number of rotatable bonds is 5. The average Bonchev–Trinajstić information content (AvgIpc) is 3.15. The number of carbonyl (C=O) groups is 1. The third-order valence-electron chi connectivity index (χ3n) is 6.94. The van der Waals surface area contributed by atoms with Gasteiger partial charge in [0.05, 0.1) is 31.8 Å². The smallest absolute Gasteiger partial charge is 0.337 e. The van der Waals surface area contributed by atoms with Crippen LogP contribution in [0.15, 0.2) is 35.6 Å². The topological polar surface area (TPSA) is 48.0 Å². The summed E-state index contributed by atoms with van der Waals surface area (Å²) in [6, 6.07) is 6.58. The van der Waals surface area contributed by atoms with Crippen LogP contribution in [0.4, 0.5) is 0 Å². The molecule has 1 aliphatic carbocycles. The molecule has 0 bridgehead atoms. The fraction of sp³-hybridized carbons (Fsp3) is 0.500. The Morgan fingerprint density at radius 3 is 2.80 bits per heavy atom. The number of ether oxygens (including phenoxy) is 3. The molecule has 1 aromatic carbocycles. The minimum Gasteiger partial charge on any atom is -0.665 e. The van der Waals surface area contributed by atoms with Gasteiger partial charge in [0.1, 0.15) is 0 Å². The third-order valence-corrected chi connectivity index (χ3v) is 6.94. The van der Waals surface area contributed by atoms with E-state index in [0.29, 0.717) is 17.5 Å². The molecular formula is C24H30NO4Y-. The first-order chi connectivity index (χ1) is 14.1. The first kappa shape index (κ1) is 23.5. The van der Waals surface area contributed by atoms with E-state index in [2.05, 4.69) is 25.0 Å². The Balaban J connectivity index is 0.00000256. The number of benzene rings is 1. The summed E-state index contributed by atoms with van der Waals surface area (Å²) in [5.74, 6) is 1.13. The summed E-state index contributed by atoms with van der Waals surface area (Å²) in [6.07, 6.45) is 5.52. The molecule has 1 radical (unpaired) electrons. The molecule has 1 aromatic rings. The third kappa shape index (κ3) is 4.01. The summed E-state index contributed by atoms with van der Waals surface area (Å²) in [5.41, 5.74) is 6.13. The Kier molecular flexibility index (Phi) is 7.81. The molecule has 0 aromatic heterocycles. The summed E-state index contributed by atoms with van der Waals surface area (Å²) in [5, 5.41) is 0. The van der Waals surface area contributed by atoms with Crippen LogP contribution < -0.4 is 4.74 Å². The predicted molar refractivity (Wildman–Crippen MR) is 112 cm³/mol. The van der Waals surface area contributed by atoms with Crippen LogP contribution in [0, 0.1) is 18.9 Å². The van der Waals surface area contributed by atoms with Crippen molar-refractivity contribution in [3.63, 3.8) is 0 Å². The van der Waals surface area contributed by atoms with Gasteiger partial charge in [0, 0.05) is 57.4 Å². The van der Waals surface area contributed by atoms with E-state index in [1.807, 2.05) is 12.1 Å². The van der Waals surface area contributed by atoms with Crippen LogP contribution in [-0.2, 0) is 53.4 Å². The van der Waals surface area contributed by atoms with Gasteiger partial charge in [-0.05, 0) is 53.9 Å². The molecule has 159 valence electrons. The Bertz CT molecular complexity index is 863. The van der Waals surface area contributed by atoms with Crippen LogP contribution in [0.3, 0.4) is 0 Å². The summed E-state index contributed by atoms with van der Waals surface area (Å²) in [6.45, 7) is 4.24. The SMILES string of the molecule is [CH2-]Oc1cccc2c1C1=C(C2)[C@@H]2C[C@H](/C(=C\OC)C(=O)OC)[C@H](CC)CN2CC1.[Y]. The predicted octanol–water partition coefficient (Wildman–Crippen LogP) is 3.99. The maximum absolute atomic E-state index is 12.5. The molecule has 2 heterocycles. The maximum atomic E-state index is 12.5. The van der Waals surface area contributed by atoms with Crippen LogP contribution in [0.1, 0.15) is 37.3 Å². The Labute approximate surface area is 204 Å². The zero-order chi connectivity index (χ0) is 20.5.